The number of carbonyl (C=O) groups is 1. The summed E-state index contributed by atoms with van der Waals surface area (Å²) in [4.78, 5) is 33.2. The molecule has 1 aromatic heterocycles. The zero-order valence-corrected chi connectivity index (χ0v) is 22.2. The third-order valence-corrected chi connectivity index (χ3v) is 9.06. The quantitative estimate of drug-likeness (QED) is 0.512. The van der Waals surface area contributed by atoms with Crippen LogP contribution in [-0.2, 0) is 24.4 Å². The molecule has 0 radical (unpaired) electrons. The first kappa shape index (κ1) is 26.4. The van der Waals surface area contributed by atoms with Gasteiger partial charge in [0.15, 0.2) is 11.7 Å². The average molecular weight is 540 g/mol. The Morgan fingerprint density at radius 3 is 2.48 bits per heavy atom. The van der Waals surface area contributed by atoms with Crippen LogP contribution in [0.5, 0.6) is 0 Å². The number of amidine groups is 1. The lowest BCUT2D eigenvalue weighted by molar-refractivity contribution is -0.116. The number of anilines is 3. The Morgan fingerprint density at radius 1 is 1.02 bits per heavy atom. The summed E-state index contributed by atoms with van der Waals surface area (Å²) < 4.78 is 0. The van der Waals surface area contributed by atoms with Crippen molar-refractivity contribution >= 4 is 28.9 Å². The molecule has 4 aliphatic rings. The van der Waals surface area contributed by atoms with E-state index >= 15 is 0 Å². The molecule has 1 atom stereocenters. The van der Waals surface area contributed by atoms with Crippen molar-refractivity contribution in [2.45, 2.75) is 52.8 Å². The zero-order valence-electron chi connectivity index (χ0n) is 22.2. The summed E-state index contributed by atoms with van der Waals surface area (Å²) in [6.07, 6.45) is 2.98. The van der Waals surface area contributed by atoms with Crippen LogP contribution in [0, 0.1) is 5.41 Å². The van der Waals surface area contributed by atoms with Crippen molar-refractivity contribution in [1.82, 2.24) is 9.97 Å². The number of nitrogens with two attached hydrogens (primary N) is 1. The lowest BCUT2D eigenvalue weighted by Gasteiger charge is -2.43. The number of aliphatic hydroxyl groups excluding tert-OH is 1. The second-order valence-electron chi connectivity index (χ2n) is 11.1. The number of carbonyl (C=O) groups excluding carboxylic acids is 1. The van der Waals surface area contributed by atoms with Gasteiger partial charge in [0, 0.05) is 39.1 Å². The molecule has 0 bridgehead atoms. The SMILES string of the molecule is C.CC(=O)N1CCN(C2=NCc3nc(N4CCC5(CC4)Cc4ccccc4[C@H]5N)c(CO)nc32)c2ccccc21. The van der Waals surface area contributed by atoms with E-state index in [0.717, 1.165) is 66.8 Å². The van der Waals surface area contributed by atoms with E-state index in [1.54, 1.807) is 11.8 Å². The van der Waals surface area contributed by atoms with Crippen LogP contribution in [0.15, 0.2) is 53.5 Å². The second kappa shape index (κ2) is 9.98. The molecule has 1 saturated heterocycles. The smallest absolute Gasteiger partial charge is 0.223 e. The summed E-state index contributed by atoms with van der Waals surface area (Å²) in [6.45, 7) is 4.70. The molecule has 3 aliphatic heterocycles. The molecule has 1 spiro atoms. The Labute approximate surface area is 235 Å². The Bertz CT molecular complexity index is 1490. The Hall–Kier alpha value is -3.82. The predicted octanol–water partition coefficient (Wildman–Crippen LogP) is 3.58. The van der Waals surface area contributed by atoms with Crippen LogP contribution in [0.2, 0.25) is 0 Å². The molecule has 3 aromatic rings. The van der Waals surface area contributed by atoms with E-state index in [2.05, 4.69) is 34.1 Å². The van der Waals surface area contributed by atoms with Crippen molar-refractivity contribution in [3.8, 4) is 0 Å². The third-order valence-electron chi connectivity index (χ3n) is 9.06. The van der Waals surface area contributed by atoms with Crippen molar-refractivity contribution in [2.24, 2.45) is 16.1 Å². The minimum atomic E-state index is -0.190. The van der Waals surface area contributed by atoms with Gasteiger partial charge >= 0.3 is 0 Å². The Kier molecular flexibility index (Phi) is 6.59. The van der Waals surface area contributed by atoms with E-state index in [-0.39, 0.29) is 31.4 Å². The molecule has 4 heterocycles. The number of piperidine rings is 1. The number of nitrogens with zero attached hydrogens (tertiary/aromatic N) is 6. The molecule has 0 saturated carbocycles. The summed E-state index contributed by atoms with van der Waals surface area (Å²) in [5.41, 5.74) is 13.5. The maximum atomic E-state index is 12.2. The summed E-state index contributed by atoms with van der Waals surface area (Å²) in [7, 11) is 0. The Morgan fingerprint density at radius 2 is 1.75 bits per heavy atom. The van der Waals surface area contributed by atoms with Crippen molar-refractivity contribution in [1.29, 1.82) is 0 Å². The lowest BCUT2D eigenvalue weighted by atomic mass is 9.73. The fourth-order valence-corrected chi connectivity index (χ4v) is 6.96. The van der Waals surface area contributed by atoms with Crippen LogP contribution < -0.4 is 20.4 Å². The number of rotatable bonds is 2. The van der Waals surface area contributed by atoms with Crippen molar-refractivity contribution in [3.63, 3.8) is 0 Å². The first-order chi connectivity index (χ1) is 19.0. The number of hydrogen-bond donors (Lipinski definition) is 2. The van der Waals surface area contributed by atoms with Crippen molar-refractivity contribution < 1.29 is 9.90 Å². The fourth-order valence-electron chi connectivity index (χ4n) is 6.96. The minimum absolute atomic E-state index is 0. The molecular formula is C31H37N7O2. The molecule has 1 fully saturated rings. The summed E-state index contributed by atoms with van der Waals surface area (Å²) in [5.74, 6) is 1.53. The van der Waals surface area contributed by atoms with E-state index in [1.165, 1.54) is 11.1 Å². The molecule has 208 valence electrons. The maximum Gasteiger partial charge on any atom is 0.223 e. The molecule has 1 amide bonds. The predicted molar refractivity (Wildman–Crippen MR) is 158 cm³/mol. The van der Waals surface area contributed by atoms with Gasteiger partial charge in [0.05, 0.1) is 30.2 Å². The summed E-state index contributed by atoms with van der Waals surface area (Å²) in [6, 6.07) is 16.5. The van der Waals surface area contributed by atoms with E-state index in [9.17, 15) is 9.90 Å². The number of aliphatic hydroxyl groups is 1. The number of aliphatic imine (C=N–C) groups is 1. The number of hydrogen-bond acceptors (Lipinski definition) is 8. The van der Waals surface area contributed by atoms with Crippen LogP contribution in [0.4, 0.5) is 17.2 Å². The second-order valence-corrected chi connectivity index (χ2v) is 11.1. The lowest BCUT2D eigenvalue weighted by Crippen LogP contribution is -2.46. The highest BCUT2D eigenvalue weighted by atomic mass is 16.3. The number of para-hydroxylation sites is 2. The van der Waals surface area contributed by atoms with Gasteiger partial charge in [-0.05, 0) is 47.9 Å². The molecular weight excluding hydrogens is 502 g/mol. The Balaban J connectivity index is 0.00000289. The molecule has 0 unspecified atom stereocenters. The monoisotopic (exact) mass is 539 g/mol. The third kappa shape index (κ3) is 3.98. The topological polar surface area (TPSA) is 111 Å². The van der Waals surface area contributed by atoms with Gasteiger partial charge in [-0.2, -0.15) is 0 Å². The standard InChI is InChI=1S/C30H33N7O2.CH4/c1-19(39)36-14-15-37(25-9-5-4-8-24(25)36)29-26-22(17-32-29)34-28(23(18-38)33-26)35-12-10-30(11-13-35)16-20-6-2-3-7-21(20)27(30)31;/h2-9,27,38H,10-18,31H2,1H3;1H4/t27-;/m1./s1. The number of benzene rings is 2. The molecule has 40 heavy (non-hydrogen) atoms. The van der Waals surface area contributed by atoms with Gasteiger partial charge in [-0.1, -0.05) is 43.8 Å². The highest BCUT2D eigenvalue weighted by Crippen LogP contribution is 2.51. The zero-order chi connectivity index (χ0) is 26.7. The number of fused-ring (bicyclic) bond motifs is 3. The highest BCUT2D eigenvalue weighted by molar-refractivity contribution is 6.14. The molecule has 2 aromatic carbocycles. The van der Waals surface area contributed by atoms with Crippen LogP contribution in [0.3, 0.4) is 0 Å². The van der Waals surface area contributed by atoms with E-state index in [0.29, 0.717) is 25.3 Å². The molecule has 9 nitrogen and oxygen atoms in total. The van der Waals surface area contributed by atoms with Crippen LogP contribution in [0.25, 0.3) is 0 Å². The highest BCUT2D eigenvalue weighted by Gasteiger charge is 2.46. The summed E-state index contributed by atoms with van der Waals surface area (Å²) in [5, 5.41) is 10.3. The molecule has 9 heteroatoms. The van der Waals surface area contributed by atoms with Gasteiger partial charge in [-0.15, -0.1) is 0 Å². The van der Waals surface area contributed by atoms with Gasteiger partial charge in [0.1, 0.15) is 11.4 Å². The largest absolute Gasteiger partial charge is 0.390 e. The first-order valence-corrected chi connectivity index (χ1v) is 13.8. The minimum Gasteiger partial charge on any atom is -0.390 e. The van der Waals surface area contributed by atoms with Crippen LogP contribution in [-0.4, -0.2) is 53.0 Å². The van der Waals surface area contributed by atoms with E-state index < -0.39 is 0 Å². The van der Waals surface area contributed by atoms with Crippen LogP contribution in [0.1, 0.15) is 61.4 Å². The molecule has 1 aliphatic carbocycles. The maximum absolute atomic E-state index is 12.2. The summed E-state index contributed by atoms with van der Waals surface area (Å²) >= 11 is 0. The van der Waals surface area contributed by atoms with Crippen LogP contribution >= 0.6 is 0 Å². The van der Waals surface area contributed by atoms with Crippen molar-refractivity contribution in [2.75, 3.05) is 40.9 Å². The van der Waals surface area contributed by atoms with Gasteiger partial charge in [0.2, 0.25) is 5.91 Å². The molecule has 7 rings (SSSR count). The normalized spacial score (nSPS) is 20.5. The first-order valence-electron chi connectivity index (χ1n) is 13.8. The van der Waals surface area contributed by atoms with Gasteiger partial charge < -0.3 is 25.5 Å². The average Bonchev–Trinajstić information content (AvgIpc) is 3.50. The number of amides is 1. The van der Waals surface area contributed by atoms with Gasteiger partial charge in [-0.25, -0.2) is 9.97 Å². The fraction of sp³-hybridized carbons (Fsp3) is 0.419. The van der Waals surface area contributed by atoms with E-state index in [1.807, 2.05) is 24.3 Å². The van der Waals surface area contributed by atoms with Gasteiger partial charge in [-0.3, -0.25) is 9.79 Å². The molecule has 3 N–H and O–H groups in total. The van der Waals surface area contributed by atoms with Gasteiger partial charge in [0.25, 0.3) is 0 Å². The van der Waals surface area contributed by atoms with Crippen molar-refractivity contribution in [3.05, 3.63) is 76.7 Å². The number of aromatic nitrogens is 2. The van der Waals surface area contributed by atoms with E-state index in [4.69, 9.17) is 20.7 Å².